The average molecular weight is 537 g/mol. The third-order valence-corrected chi connectivity index (χ3v) is 7.38. The molecule has 1 aromatic carbocycles. The molecule has 0 radical (unpaired) electrons. The van der Waals surface area contributed by atoms with Crippen LogP contribution in [-0.4, -0.2) is 71.8 Å². The van der Waals surface area contributed by atoms with Crippen LogP contribution in [-0.2, 0) is 14.4 Å². The first-order chi connectivity index (χ1) is 18.0. The molecule has 4 rings (SSSR count). The second kappa shape index (κ2) is 11.0. The van der Waals surface area contributed by atoms with Crippen LogP contribution in [0.4, 0.5) is 13.2 Å². The molecule has 1 aromatic heterocycles. The number of carbonyl (C=O) groups is 4. The van der Waals surface area contributed by atoms with Gasteiger partial charge in [0.05, 0.1) is 19.1 Å². The lowest BCUT2D eigenvalue weighted by Crippen LogP contribution is -2.52. The molecular formula is C26H31F3N4O5. The van der Waals surface area contributed by atoms with E-state index in [1.165, 1.54) is 13.2 Å². The minimum absolute atomic E-state index is 0.0187. The summed E-state index contributed by atoms with van der Waals surface area (Å²) in [6.07, 6.45) is -3.84. The largest absolute Gasteiger partial charge is 0.496 e. The number of ether oxygens (including phenoxy) is 1. The smallest absolute Gasteiger partial charge is 0.393 e. The summed E-state index contributed by atoms with van der Waals surface area (Å²) in [6, 6.07) is 4.10. The summed E-state index contributed by atoms with van der Waals surface area (Å²) in [5.74, 6) is -4.07. The van der Waals surface area contributed by atoms with Crippen LogP contribution in [0.3, 0.4) is 0 Å². The number of methoxy groups -OCH3 is 1. The predicted molar refractivity (Wildman–Crippen MR) is 131 cm³/mol. The van der Waals surface area contributed by atoms with Crippen LogP contribution in [0.5, 0.6) is 5.75 Å². The second-order valence-corrected chi connectivity index (χ2v) is 9.80. The summed E-state index contributed by atoms with van der Waals surface area (Å²) < 4.78 is 46.4. The zero-order valence-electron chi connectivity index (χ0n) is 21.2. The molecule has 3 N–H and O–H groups in total. The predicted octanol–water partition coefficient (Wildman–Crippen LogP) is 2.95. The lowest BCUT2D eigenvalue weighted by atomic mass is 9.89. The molecule has 0 aliphatic carbocycles. The van der Waals surface area contributed by atoms with E-state index < -0.39 is 54.9 Å². The molecule has 2 fully saturated rings. The quantitative estimate of drug-likeness (QED) is 0.479. The Morgan fingerprint density at radius 2 is 2.03 bits per heavy atom. The molecule has 2 saturated heterocycles. The van der Waals surface area contributed by atoms with Gasteiger partial charge >= 0.3 is 6.18 Å². The number of ketones is 1. The van der Waals surface area contributed by atoms with Gasteiger partial charge in [0, 0.05) is 36.3 Å². The first-order valence-electron chi connectivity index (χ1n) is 12.7. The SMILES string of the molecule is CCC(=O)C(CC1CCCNC1=O)NC(=O)C1CC(C(F)(F)F)CN1C(=O)c1cc2c(OC)cccc2[nH]1. The number of nitrogens with zero attached hydrogens (tertiary/aromatic N) is 1. The summed E-state index contributed by atoms with van der Waals surface area (Å²) >= 11 is 0. The van der Waals surface area contributed by atoms with Crippen molar-refractivity contribution in [3.8, 4) is 5.75 Å². The highest BCUT2D eigenvalue weighted by Gasteiger charge is 2.51. The Morgan fingerprint density at radius 3 is 2.68 bits per heavy atom. The highest BCUT2D eigenvalue weighted by molar-refractivity contribution is 6.02. The number of alkyl halides is 3. The van der Waals surface area contributed by atoms with Crippen LogP contribution in [0.25, 0.3) is 10.9 Å². The summed E-state index contributed by atoms with van der Waals surface area (Å²) in [5, 5.41) is 5.88. The fraction of sp³-hybridized carbons (Fsp3) is 0.538. The number of aromatic nitrogens is 1. The first-order valence-corrected chi connectivity index (χ1v) is 12.7. The monoisotopic (exact) mass is 536 g/mol. The molecule has 0 bridgehead atoms. The van der Waals surface area contributed by atoms with Gasteiger partial charge in [0.2, 0.25) is 11.8 Å². The number of aromatic amines is 1. The van der Waals surface area contributed by atoms with Crippen molar-refractivity contribution < 1.29 is 37.1 Å². The fourth-order valence-corrected chi connectivity index (χ4v) is 5.25. The van der Waals surface area contributed by atoms with Crippen LogP contribution in [0.15, 0.2) is 24.3 Å². The number of rotatable bonds is 8. The van der Waals surface area contributed by atoms with Gasteiger partial charge in [0.25, 0.3) is 5.91 Å². The average Bonchev–Trinajstić information content (AvgIpc) is 3.53. The highest BCUT2D eigenvalue weighted by Crippen LogP contribution is 2.38. The molecule has 0 spiro atoms. The highest BCUT2D eigenvalue weighted by atomic mass is 19.4. The molecule has 12 heteroatoms. The number of likely N-dealkylation sites (tertiary alicyclic amines) is 1. The number of piperidine rings is 1. The van der Waals surface area contributed by atoms with Gasteiger partial charge in [-0.05, 0) is 43.9 Å². The van der Waals surface area contributed by atoms with Gasteiger partial charge in [-0.1, -0.05) is 13.0 Å². The lowest BCUT2D eigenvalue weighted by molar-refractivity contribution is -0.170. The number of Topliss-reactive ketones (excluding diaryl/α,β-unsaturated/α-hetero) is 1. The number of H-pyrrole nitrogens is 1. The van der Waals surface area contributed by atoms with E-state index in [1.807, 2.05) is 0 Å². The maximum absolute atomic E-state index is 13.7. The molecule has 2 aromatic rings. The normalized spacial score (nSPS) is 22.7. The van der Waals surface area contributed by atoms with Crippen molar-refractivity contribution in [1.82, 2.24) is 20.5 Å². The van der Waals surface area contributed by atoms with E-state index in [0.29, 0.717) is 29.6 Å². The molecule has 206 valence electrons. The minimum Gasteiger partial charge on any atom is -0.496 e. The molecule has 3 heterocycles. The molecule has 4 atom stereocenters. The first kappa shape index (κ1) is 27.5. The maximum Gasteiger partial charge on any atom is 0.393 e. The topological polar surface area (TPSA) is 121 Å². The van der Waals surface area contributed by atoms with Gasteiger partial charge in [0.15, 0.2) is 5.78 Å². The maximum atomic E-state index is 13.7. The van der Waals surface area contributed by atoms with Crippen molar-refractivity contribution in [2.45, 2.75) is 57.3 Å². The van der Waals surface area contributed by atoms with Crippen molar-refractivity contribution in [3.63, 3.8) is 0 Å². The number of hydrogen-bond donors (Lipinski definition) is 3. The Bertz CT molecular complexity index is 1230. The van der Waals surface area contributed by atoms with E-state index >= 15 is 0 Å². The fourth-order valence-electron chi connectivity index (χ4n) is 5.25. The number of nitrogens with one attached hydrogen (secondary N) is 3. The zero-order valence-corrected chi connectivity index (χ0v) is 21.2. The van der Waals surface area contributed by atoms with Gasteiger partial charge in [-0.25, -0.2) is 0 Å². The molecule has 2 aliphatic heterocycles. The van der Waals surface area contributed by atoms with E-state index in [-0.39, 0.29) is 30.2 Å². The Hall–Kier alpha value is -3.57. The number of halogens is 3. The molecule has 38 heavy (non-hydrogen) atoms. The molecule has 9 nitrogen and oxygen atoms in total. The second-order valence-electron chi connectivity index (χ2n) is 9.80. The minimum atomic E-state index is -4.62. The van der Waals surface area contributed by atoms with Crippen molar-refractivity contribution >= 4 is 34.4 Å². The van der Waals surface area contributed by atoms with Gasteiger partial charge in [-0.3, -0.25) is 19.2 Å². The molecule has 4 unspecified atom stereocenters. The molecule has 2 aliphatic rings. The van der Waals surface area contributed by atoms with E-state index in [0.717, 1.165) is 11.3 Å². The van der Waals surface area contributed by atoms with Crippen molar-refractivity contribution in [2.24, 2.45) is 11.8 Å². The van der Waals surface area contributed by atoms with E-state index in [9.17, 15) is 32.3 Å². The van der Waals surface area contributed by atoms with Gasteiger partial charge in [-0.2, -0.15) is 13.2 Å². The van der Waals surface area contributed by atoms with Crippen LogP contribution >= 0.6 is 0 Å². The zero-order chi connectivity index (χ0) is 27.6. The van der Waals surface area contributed by atoms with Gasteiger partial charge in [-0.15, -0.1) is 0 Å². The number of benzene rings is 1. The third-order valence-electron chi connectivity index (χ3n) is 7.38. The number of amides is 3. The van der Waals surface area contributed by atoms with E-state index in [1.54, 1.807) is 25.1 Å². The summed E-state index contributed by atoms with van der Waals surface area (Å²) in [7, 11) is 1.46. The van der Waals surface area contributed by atoms with Gasteiger partial charge in [0.1, 0.15) is 17.5 Å². The lowest BCUT2D eigenvalue weighted by Gasteiger charge is -2.28. The van der Waals surface area contributed by atoms with Crippen LogP contribution < -0.4 is 15.4 Å². The van der Waals surface area contributed by atoms with Crippen LogP contribution in [0.1, 0.15) is 49.5 Å². The Labute approximate surface area is 217 Å². The van der Waals surface area contributed by atoms with Crippen molar-refractivity contribution in [3.05, 3.63) is 30.0 Å². The number of carbonyl (C=O) groups excluding carboxylic acids is 4. The van der Waals surface area contributed by atoms with Crippen LogP contribution in [0.2, 0.25) is 0 Å². The van der Waals surface area contributed by atoms with Crippen molar-refractivity contribution in [2.75, 3.05) is 20.2 Å². The summed E-state index contributed by atoms with van der Waals surface area (Å²) in [4.78, 5) is 55.4. The molecule has 0 saturated carbocycles. The standard InChI is InChI=1S/C26H31F3N4O5/c1-3-21(34)18(10-14-6-5-9-30-23(14)35)32-24(36)20-11-15(26(27,28)29)13-33(20)25(37)19-12-16-17(31-19)7-4-8-22(16)38-2/h4,7-8,12,14-15,18,20,31H,3,5-6,9-11,13H2,1-2H3,(H,30,35)(H,32,36). The number of fused-ring (bicyclic) bond motifs is 1. The Balaban J connectivity index is 1.59. The van der Waals surface area contributed by atoms with Crippen molar-refractivity contribution in [1.29, 1.82) is 0 Å². The van der Waals surface area contributed by atoms with E-state index in [2.05, 4.69) is 15.6 Å². The summed E-state index contributed by atoms with van der Waals surface area (Å²) in [5.41, 5.74) is 0.574. The third kappa shape index (κ3) is 5.63. The Morgan fingerprint density at radius 1 is 1.26 bits per heavy atom. The van der Waals surface area contributed by atoms with Gasteiger partial charge < -0.3 is 25.3 Å². The molecular weight excluding hydrogens is 505 g/mol. The summed E-state index contributed by atoms with van der Waals surface area (Å²) in [6.45, 7) is 1.45. The number of hydrogen-bond acceptors (Lipinski definition) is 5. The Kier molecular flexibility index (Phi) is 7.98. The molecule has 3 amide bonds. The van der Waals surface area contributed by atoms with E-state index in [4.69, 9.17) is 4.74 Å². The van der Waals surface area contributed by atoms with Crippen LogP contribution in [0, 0.1) is 11.8 Å².